The summed E-state index contributed by atoms with van der Waals surface area (Å²) in [7, 11) is 1.90. The first-order valence-electron chi connectivity index (χ1n) is 8.91. The summed E-state index contributed by atoms with van der Waals surface area (Å²) in [5, 5.41) is 33.5. The second kappa shape index (κ2) is 9.07. The minimum atomic E-state index is -1.15. The van der Waals surface area contributed by atoms with Crippen LogP contribution in [-0.2, 0) is 4.79 Å². The number of likely N-dealkylation sites (tertiary alicyclic amines) is 1. The van der Waals surface area contributed by atoms with E-state index in [1.54, 1.807) is 0 Å². The highest BCUT2D eigenvalue weighted by Crippen LogP contribution is 2.26. The third kappa shape index (κ3) is 4.78. The maximum Gasteiger partial charge on any atom is 0.269 e. The van der Waals surface area contributed by atoms with E-state index in [1.807, 2.05) is 11.9 Å². The lowest BCUT2D eigenvalue weighted by Gasteiger charge is -2.26. The summed E-state index contributed by atoms with van der Waals surface area (Å²) in [4.78, 5) is 24.8. The van der Waals surface area contributed by atoms with E-state index in [-0.39, 0.29) is 17.6 Å². The number of aliphatic hydroxyl groups is 2. The number of likely N-dealkylation sites (N-methyl/N-ethyl adjacent to an activating group) is 1. The van der Waals surface area contributed by atoms with Gasteiger partial charge in [-0.05, 0) is 43.5 Å². The predicted octanol–water partition coefficient (Wildman–Crippen LogP) is 1.23. The fourth-order valence-corrected chi connectivity index (χ4v) is 3.56. The van der Waals surface area contributed by atoms with Crippen LogP contribution < -0.4 is 5.32 Å². The highest BCUT2D eigenvalue weighted by atomic mass is 16.6. The van der Waals surface area contributed by atoms with Crippen LogP contribution in [0, 0.1) is 16.0 Å². The number of carbonyl (C=O) groups excluding carboxylic acids is 1. The molecule has 1 amide bonds. The molecule has 1 aliphatic heterocycles. The van der Waals surface area contributed by atoms with Gasteiger partial charge in [0.05, 0.1) is 23.6 Å². The summed E-state index contributed by atoms with van der Waals surface area (Å²) in [5.41, 5.74) is 0.318. The van der Waals surface area contributed by atoms with Crippen LogP contribution in [0.15, 0.2) is 24.3 Å². The lowest BCUT2D eigenvalue weighted by Crippen LogP contribution is -2.49. The van der Waals surface area contributed by atoms with E-state index >= 15 is 0 Å². The number of nitro groups is 1. The zero-order valence-electron chi connectivity index (χ0n) is 15.2. The Bertz CT molecular complexity index is 622. The van der Waals surface area contributed by atoms with Gasteiger partial charge in [-0.15, -0.1) is 0 Å². The van der Waals surface area contributed by atoms with Crippen LogP contribution in [0.25, 0.3) is 0 Å². The number of hydrogen-bond donors (Lipinski definition) is 3. The van der Waals surface area contributed by atoms with Gasteiger partial charge in [0.25, 0.3) is 5.69 Å². The van der Waals surface area contributed by atoms with Gasteiger partial charge in [0.2, 0.25) is 5.91 Å². The lowest BCUT2D eigenvalue weighted by atomic mass is 9.99. The molecule has 2 rings (SSSR count). The molecule has 0 saturated carbocycles. The van der Waals surface area contributed by atoms with E-state index in [2.05, 4.69) is 12.2 Å². The Morgan fingerprint density at radius 3 is 2.62 bits per heavy atom. The Morgan fingerprint density at radius 2 is 2.08 bits per heavy atom. The summed E-state index contributed by atoms with van der Waals surface area (Å²) >= 11 is 0. The molecule has 3 N–H and O–H groups in total. The monoisotopic (exact) mass is 365 g/mol. The van der Waals surface area contributed by atoms with Gasteiger partial charge < -0.3 is 15.5 Å². The Hall–Kier alpha value is -2.03. The highest BCUT2D eigenvalue weighted by Gasteiger charge is 2.35. The number of benzene rings is 1. The van der Waals surface area contributed by atoms with Crippen LogP contribution in [0.4, 0.5) is 5.69 Å². The summed E-state index contributed by atoms with van der Waals surface area (Å²) in [5.74, 6) is 0.263. The molecule has 0 aromatic heterocycles. The minimum Gasteiger partial charge on any atom is -0.394 e. The molecule has 8 nitrogen and oxygen atoms in total. The van der Waals surface area contributed by atoms with Gasteiger partial charge in [-0.1, -0.05) is 13.3 Å². The average Bonchev–Trinajstić information content (AvgIpc) is 2.99. The molecule has 1 heterocycles. The molecule has 4 atom stereocenters. The van der Waals surface area contributed by atoms with Crippen LogP contribution in [0.5, 0.6) is 0 Å². The quantitative estimate of drug-likeness (QED) is 0.471. The van der Waals surface area contributed by atoms with E-state index in [4.69, 9.17) is 0 Å². The van der Waals surface area contributed by atoms with Crippen LogP contribution in [-0.4, -0.2) is 58.2 Å². The maximum atomic E-state index is 12.6. The first-order chi connectivity index (χ1) is 12.4. The normalized spacial score (nSPS) is 22.8. The summed E-state index contributed by atoms with van der Waals surface area (Å²) in [6, 6.07) is 4.28. The van der Waals surface area contributed by atoms with Gasteiger partial charge in [0, 0.05) is 18.7 Å². The van der Waals surface area contributed by atoms with Crippen LogP contribution >= 0.6 is 0 Å². The number of rotatable bonds is 8. The molecule has 1 aliphatic rings. The number of nitro benzene ring substituents is 1. The van der Waals surface area contributed by atoms with Crippen molar-refractivity contribution in [2.75, 3.05) is 20.2 Å². The predicted molar refractivity (Wildman–Crippen MR) is 96.5 cm³/mol. The highest BCUT2D eigenvalue weighted by molar-refractivity contribution is 5.82. The zero-order valence-corrected chi connectivity index (χ0v) is 15.2. The van der Waals surface area contributed by atoms with Gasteiger partial charge in [0.15, 0.2) is 0 Å². The number of hydrogen-bond acceptors (Lipinski definition) is 6. The molecule has 0 bridgehead atoms. The zero-order chi connectivity index (χ0) is 19.3. The van der Waals surface area contributed by atoms with Crippen molar-refractivity contribution in [3.05, 3.63) is 39.9 Å². The molecular formula is C18H27N3O5. The van der Waals surface area contributed by atoms with Gasteiger partial charge in [-0.25, -0.2) is 0 Å². The molecule has 1 saturated heterocycles. The third-order valence-electron chi connectivity index (χ3n) is 4.99. The van der Waals surface area contributed by atoms with Crippen molar-refractivity contribution in [3.8, 4) is 0 Å². The van der Waals surface area contributed by atoms with Crippen molar-refractivity contribution in [1.29, 1.82) is 0 Å². The van der Waals surface area contributed by atoms with E-state index in [0.29, 0.717) is 11.5 Å². The van der Waals surface area contributed by atoms with E-state index in [9.17, 15) is 25.1 Å². The van der Waals surface area contributed by atoms with Gasteiger partial charge in [-0.2, -0.15) is 0 Å². The first-order valence-corrected chi connectivity index (χ1v) is 8.91. The Morgan fingerprint density at radius 1 is 1.42 bits per heavy atom. The van der Waals surface area contributed by atoms with Gasteiger partial charge in [0.1, 0.15) is 6.10 Å². The van der Waals surface area contributed by atoms with Crippen molar-refractivity contribution >= 4 is 11.6 Å². The molecule has 0 spiro atoms. The minimum absolute atomic E-state index is 0.0833. The number of non-ortho nitro benzene ring substituents is 1. The largest absolute Gasteiger partial charge is 0.394 e. The van der Waals surface area contributed by atoms with E-state index < -0.39 is 23.7 Å². The number of nitrogens with one attached hydrogen (secondary N) is 1. The lowest BCUT2D eigenvalue weighted by molar-refractivity contribution is -0.384. The molecule has 26 heavy (non-hydrogen) atoms. The fourth-order valence-electron chi connectivity index (χ4n) is 3.56. The van der Waals surface area contributed by atoms with Gasteiger partial charge in [-0.3, -0.25) is 19.8 Å². The third-order valence-corrected chi connectivity index (χ3v) is 4.99. The second-order valence-corrected chi connectivity index (χ2v) is 6.94. The Balaban J connectivity index is 2.01. The van der Waals surface area contributed by atoms with Gasteiger partial charge >= 0.3 is 0 Å². The second-order valence-electron chi connectivity index (χ2n) is 6.94. The molecule has 0 radical (unpaired) electrons. The molecule has 1 aromatic carbocycles. The molecular weight excluding hydrogens is 338 g/mol. The average molecular weight is 365 g/mol. The van der Waals surface area contributed by atoms with Crippen LogP contribution in [0.1, 0.15) is 37.9 Å². The molecule has 0 aliphatic carbocycles. The number of amides is 1. The number of aliphatic hydroxyl groups excluding tert-OH is 2. The maximum absolute atomic E-state index is 12.6. The number of carbonyl (C=O) groups is 1. The van der Waals surface area contributed by atoms with E-state index in [1.165, 1.54) is 24.3 Å². The first kappa shape index (κ1) is 20.3. The van der Waals surface area contributed by atoms with Crippen molar-refractivity contribution < 1.29 is 19.9 Å². The van der Waals surface area contributed by atoms with Crippen molar-refractivity contribution in [2.45, 2.75) is 44.4 Å². The Kier molecular flexibility index (Phi) is 7.07. The van der Waals surface area contributed by atoms with Crippen molar-refractivity contribution in [1.82, 2.24) is 10.2 Å². The Labute approximate surface area is 153 Å². The molecule has 1 unspecified atom stereocenters. The van der Waals surface area contributed by atoms with Crippen LogP contribution in [0.3, 0.4) is 0 Å². The summed E-state index contributed by atoms with van der Waals surface area (Å²) < 4.78 is 0. The van der Waals surface area contributed by atoms with E-state index in [0.717, 1.165) is 25.8 Å². The van der Waals surface area contributed by atoms with Crippen LogP contribution in [0.2, 0.25) is 0 Å². The van der Waals surface area contributed by atoms with Crippen molar-refractivity contribution in [3.63, 3.8) is 0 Å². The SMILES string of the molecule is CCC[C@H]1C[C@H](C(=O)N[C@H](CO)C(O)c2ccc([N+](=O)[O-])cc2)N(C)C1. The molecule has 8 heteroatoms. The standard InChI is InChI=1S/C18H27N3O5/c1-3-4-12-9-16(20(2)10-12)18(24)19-15(11-22)17(23)13-5-7-14(8-6-13)21(25)26/h5-8,12,15-17,22-23H,3-4,9-11H2,1-2H3,(H,19,24)/t12-,15+,16+,17?/m0/s1. The molecule has 144 valence electrons. The fraction of sp³-hybridized carbons (Fsp3) is 0.611. The molecule has 1 aromatic rings. The molecule has 1 fully saturated rings. The summed E-state index contributed by atoms with van der Waals surface area (Å²) in [6.45, 7) is 2.55. The smallest absolute Gasteiger partial charge is 0.269 e. The summed E-state index contributed by atoms with van der Waals surface area (Å²) in [6.07, 6.45) is 1.76. The van der Waals surface area contributed by atoms with Crippen molar-refractivity contribution in [2.24, 2.45) is 5.92 Å². The topological polar surface area (TPSA) is 116 Å². The number of nitrogens with zero attached hydrogens (tertiary/aromatic N) is 2.